The Morgan fingerprint density at radius 3 is 2.66 bits per heavy atom. The molecule has 0 amide bonds. The molecule has 0 unspecified atom stereocenters. The summed E-state index contributed by atoms with van der Waals surface area (Å²) in [7, 11) is 0. The van der Waals surface area contributed by atoms with Crippen LogP contribution in [0.3, 0.4) is 0 Å². The van der Waals surface area contributed by atoms with Gasteiger partial charge in [-0.1, -0.05) is 30.3 Å². The molecule has 0 aliphatic rings. The zero-order valence-electron chi connectivity index (χ0n) is 15.6. The van der Waals surface area contributed by atoms with E-state index >= 15 is 0 Å². The maximum absolute atomic E-state index is 14.0. The molecule has 3 N–H and O–H groups in total. The first kappa shape index (κ1) is 18.3. The molecule has 0 aliphatic carbocycles. The fourth-order valence-corrected chi connectivity index (χ4v) is 3.34. The van der Waals surface area contributed by atoms with Crippen LogP contribution in [0.4, 0.5) is 16.0 Å². The zero-order chi connectivity index (χ0) is 20.4. The van der Waals surface area contributed by atoms with Gasteiger partial charge < -0.3 is 11.1 Å². The summed E-state index contributed by atoms with van der Waals surface area (Å²) in [6.07, 6.45) is 3.06. The van der Waals surface area contributed by atoms with Crippen molar-refractivity contribution in [1.82, 2.24) is 15.0 Å². The smallest absolute Gasteiger partial charge is 0.150 e. The number of nitrogens with zero attached hydrogens (tertiary/aromatic N) is 4. The first-order valence-corrected chi connectivity index (χ1v) is 8.99. The molecule has 0 fully saturated rings. The van der Waals surface area contributed by atoms with E-state index in [9.17, 15) is 9.65 Å². The fourth-order valence-electron chi connectivity index (χ4n) is 3.34. The lowest BCUT2D eigenvalue weighted by Gasteiger charge is -2.20. The minimum absolute atomic E-state index is 0.110. The number of hydrogen-bond acceptors (Lipinski definition) is 6. The van der Waals surface area contributed by atoms with Crippen LogP contribution in [0.1, 0.15) is 24.1 Å². The average Bonchev–Trinajstić information content (AvgIpc) is 2.73. The van der Waals surface area contributed by atoms with Gasteiger partial charge in [0, 0.05) is 17.1 Å². The second-order valence-corrected chi connectivity index (χ2v) is 6.58. The largest absolute Gasteiger partial charge is 0.382 e. The van der Waals surface area contributed by atoms with Gasteiger partial charge >= 0.3 is 0 Å². The van der Waals surface area contributed by atoms with Gasteiger partial charge in [-0.25, -0.2) is 14.4 Å². The Kier molecular flexibility index (Phi) is 4.75. The highest BCUT2D eigenvalue weighted by Crippen LogP contribution is 2.36. The molecule has 2 heterocycles. The summed E-state index contributed by atoms with van der Waals surface area (Å²) < 4.78 is 14.0. The molecule has 6 nitrogen and oxygen atoms in total. The van der Waals surface area contributed by atoms with Crippen LogP contribution in [0, 0.1) is 17.1 Å². The summed E-state index contributed by atoms with van der Waals surface area (Å²) in [5, 5.41) is 13.3. The first-order chi connectivity index (χ1) is 14.1. The van der Waals surface area contributed by atoms with Crippen molar-refractivity contribution in [3.63, 3.8) is 0 Å². The Balaban J connectivity index is 1.88. The predicted molar refractivity (Wildman–Crippen MR) is 110 cm³/mol. The number of halogens is 1. The van der Waals surface area contributed by atoms with E-state index in [-0.39, 0.29) is 23.2 Å². The van der Waals surface area contributed by atoms with Crippen molar-refractivity contribution >= 4 is 22.5 Å². The number of rotatable bonds is 4. The zero-order valence-corrected chi connectivity index (χ0v) is 15.6. The molecule has 1 atom stereocenters. The number of aromatic nitrogens is 3. The van der Waals surface area contributed by atoms with Gasteiger partial charge in [-0.15, -0.1) is 0 Å². The minimum Gasteiger partial charge on any atom is -0.382 e. The fraction of sp³-hybridized carbons (Fsp3) is 0.0909. The summed E-state index contributed by atoms with van der Waals surface area (Å²) in [6.45, 7) is 1.92. The van der Waals surface area contributed by atoms with Crippen LogP contribution < -0.4 is 11.1 Å². The Bertz CT molecular complexity index is 1230. The van der Waals surface area contributed by atoms with Crippen molar-refractivity contribution < 1.29 is 4.39 Å². The molecule has 0 spiro atoms. The third-order valence-electron chi connectivity index (χ3n) is 4.73. The van der Waals surface area contributed by atoms with Crippen LogP contribution in [0.15, 0.2) is 61.1 Å². The lowest BCUT2D eigenvalue weighted by molar-refractivity contribution is 0.629. The Morgan fingerprint density at radius 2 is 1.90 bits per heavy atom. The van der Waals surface area contributed by atoms with Crippen molar-refractivity contribution in [2.75, 3.05) is 11.1 Å². The van der Waals surface area contributed by atoms with Gasteiger partial charge in [-0.05, 0) is 36.2 Å². The van der Waals surface area contributed by atoms with E-state index in [1.54, 1.807) is 12.3 Å². The van der Waals surface area contributed by atoms with Gasteiger partial charge in [-0.3, -0.25) is 4.98 Å². The number of nitrogen functional groups attached to an aromatic ring is 1. The van der Waals surface area contributed by atoms with Gasteiger partial charge in [0.05, 0.1) is 11.6 Å². The molecule has 2 aromatic carbocycles. The number of fused-ring (bicyclic) bond motifs is 1. The summed E-state index contributed by atoms with van der Waals surface area (Å²) >= 11 is 0. The summed E-state index contributed by atoms with van der Waals surface area (Å²) in [5.41, 5.74) is 9.33. The van der Waals surface area contributed by atoms with Gasteiger partial charge in [0.15, 0.2) is 0 Å². The number of nitrogens with one attached hydrogen (secondary N) is 1. The number of benzene rings is 2. The molecule has 29 heavy (non-hydrogen) atoms. The molecular formula is C22H17FN6. The maximum Gasteiger partial charge on any atom is 0.150 e. The SMILES string of the molecule is C[C@H](Nc1ncnc(N)c1C#N)c1cnc2ccc(F)cc2c1-c1ccccc1. The molecule has 0 radical (unpaired) electrons. The van der Waals surface area contributed by atoms with Crippen LogP contribution >= 0.6 is 0 Å². The molecule has 0 saturated carbocycles. The van der Waals surface area contributed by atoms with Gasteiger partial charge in [0.2, 0.25) is 0 Å². The van der Waals surface area contributed by atoms with Crippen molar-refractivity contribution in [3.05, 3.63) is 78.0 Å². The number of pyridine rings is 1. The van der Waals surface area contributed by atoms with Crippen molar-refractivity contribution in [2.45, 2.75) is 13.0 Å². The summed E-state index contributed by atoms with van der Waals surface area (Å²) in [5.74, 6) is 0.120. The molecule has 142 valence electrons. The van der Waals surface area contributed by atoms with Crippen LogP contribution in [0.5, 0.6) is 0 Å². The van der Waals surface area contributed by atoms with Gasteiger partial charge in [0.1, 0.15) is 35.4 Å². The van der Waals surface area contributed by atoms with Gasteiger partial charge in [-0.2, -0.15) is 5.26 Å². The standard InChI is InChI=1S/C22H17FN6/c1-13(29-22-17(10-24)21(25)27-12-28-22)18-11-26-19-8-7-15(23)9-16(19)20(18)14-5-3-2-4-6-14/h2-9,11-13H,1H3,(H3,25,27,28,29)/t13-/m0/s1. The second kappa shape index (κ2) is 7.52. The second-order valence-electron chi connectivity index (χ2n) is 6.58. The van der Waals surface area contributed by atoms with E-state index in [4.69, 9.17) is 5.73 Å². The first-order valence-electron chi connectivity index (χ1n) is 8.99. The molecule has 4 aromatic rings. The van der Waals surface area contributed by atoms with Gasteiger partial charge in [0.25, 0.3) is 0 Å². The van der Waals surface area contributed by atoms with Crippen molar-refractivity contribution in [2.24, 2.45) is 0 Å². The summed E-state index contributed by atoms with van der Waals surface area (Å²) in [4.78, 5) is 12.5. The molecule has 0 bridgehead atoms. The minimum atomic E-state index is -0.329. The van der Waals surface area contributed by atoms with E-state index in [0.29, 0.717) is 16.7 Å². The molecule has 4 rings (SSSR count). The number of anilines is 2. The maximum atomic E-state index is 14.0. The Hall–Kier alpha value is -4.05. The Labute approximate surface area is 166 Å². The van der Waals surface area contributed by atoms with Crippen molar-refractivity contribution in [3.8, 4) is 17.2 Å². The molecular weight excluding hydrogens is 367 g/mol. The van der Waals surface area contributed by atoms with E-state index in [2.05, 4.69) is 20.3 Å². The number of hydrogen-bond donors (Lipinski definition) is 2. The van der Waals surface area contributed by atoms with Crippen molar-refractivity contribution in [1.29, 1.82) is 5.26 Å². The average molecular weight is 384 g/mol. The molecule has 7 heteroatoms. The van der Waals surface area contributed by atoms with Crippen LogP contribution in [-0.2, 0) is 0 Å². The van der Waals surface area contributed by atoms with E-state index < -0.39 is 0 Å². The monoisotopic (exact) mass is 384 g/mol. The van der Waals surface area contributed by atoms with Crippen LogP contribution in [-0.4, -0.2) is 15.0 Å². The molecule has 0 aliphatic heterocycles. The highest BCUT2D eigenvalue weighted by Gasteiger charge is 2.19. The topological polar surface area (TPSA) is 101 Å². The number of nitrogens with two attached hydrogens (primary N) is 1. The third kappa shape index (κ3) is 3.44. The molecule has 0 saturated heterocycles. The lowest BCUT2D eigenvalue weighted by Crippen LogP contribution is -2.12. The number of nitriles is 1. The predicted octanol–water partition coefficient (Wildman–Crippen LogP) is 4.46. The van der Waals surface area contributed by atoms with E-state index in [1.165, 1.54) is 18.5 Å². The van der Waals surface area contributed by atoms with E-state index in [0.717, 1.165) is 16.7 Å². The molecule has 2 aromatic heterocycles. The quantitative estimate of drug-likeness (QED) is 0.539. The summed E-state index contributed by atoms with van der Waals surface area (Å²) in [6, 6.07) is 16.0. The van der Waals surface area contributed by atoms with E-state index in [1.807, 2.05) is 43.3 Å². The third-order valence-corrected chi connectivity index (χ3v) is 4.73. The Morgan fingerprint density at radius 1 is 1.10 bits per heavy atom. The van der Waals surface area contributed by atoms with Crippen LogP contribution in [0.25, 0.3) is 22.0 Å². The highest BCUT2D eigenvalue weighted by molar-refractivity contribution is 5.96. The highest BCUT2D eigenvalue weighted by atomic mass is 19.1. The lowest BCUT2D eigenvalue weighted by atomic mass is 9.93. The normalized spacial score (nSPS) is 11.8. The van der Waals surface area contributed by atoms with Crippen LogP contribution in [0.2, 0.25) is 0 Å².